The number of nitrogen functional groups attached to an aromatic ring is 1. The molecule has 0 aliphatic rings. The first kappa shape index (κ1) is 10.6. The van der Waals surface area contributed by atoms with E-state index in [2.05, 4.69) is 10.2 Å². The van der Waals surface area contributed by atoms with Gasteiger partial charge in [0.1, 0.15) is 10.6 Å². The molecule has 3 N–H and O–H groups in total. The predicted octanol–water partition coefficient (Wildman–Crippen LogP) is 1.23. The van der Waals surface area contributed by atoms with Gasteiger partial charge in [0.2, 0.25) is 0 Å². The molecule has 0 amide bonds. The van der Waals surface area contributed by atoms with Crippen LogP contribution in [0.4, 0.5) is 11.4 Å². The van der Waals surface area contributed by atoms with E-state index in [1.54, 1.807) is 0 Å². The van der Waals surface area contributed by atoms with Gasteiger partial charge in [0, 0.05) is 12.7 Å². The summed E-state index contributed by atoms with van der Waals surface area (Å²) >= 11 is 0. The summed E-state index contributed by atoms with van der Waals surface area (Å²) in [6.07, 6.45) is 0. The molecule has 14 heavy (non-hydrogen) atoms. The highest BCUT2D eigenvalue weighted by molar-refractivity contribution is 7.86. The molecule has 0 spiro atoms. The highest BCUT2D eigenvalue weighted by Crippen LogP contribution is 2.26. The highest BCUT2D eigenvalue weighted by Gasteiger charge is 2.15. The molecule has 1 aromatic rings. The largest absolute Gasteiger partial charge is 0.399 e. The van der Waals surface area contributed by atoms with Crippen LogP contribution < -0.4 is 5.73 Å². The van der Waals surface area contributed by atoms with Gasteiger partial charge in [-0.25, -0.2) is 0 Å². The Labute approximate surface area is 81.2 Å². The fourth-order valence-corrected chi connectivity index (χ4v) is 1.54. The normalized spacial score (nSPS) is 12.1. The molecule has 6 nitrogen and oxygen atoms in total. The maximum Gasteiger partial charge on any atom is 0.296 e. The molecule has 76 valence electrons. The zero-order valence-corrected chi connectivity index (χ0v) is 8.19. The quantitative estimate of drug-likeness (QED) is 0.439. The van der Waals surface area contributed by atoms with Gasteiger partial charge >= 0.3 is 0 Å². The van der Waals surface area contributed by atoms with E-state index in [-0.39, 0.29) is 10.6 Å². The highest BCUT2D eigenvalue weighted by atomic mass is 32.2. The van der Waals surface area contributed by atoms with Gasteiger partial charge < -0.3 is 5.73 Å². The van der Waals surface area contributed by atoms with Crippen molar-refractivity contribution in [1.82, 2.24) is 0 Å². The van der Waals surface area contributed by atoms with E-state index < -0.39 is 10.1 Å². The maximum atomic E-state index is 10.9. The SMILES string of the molecule is CN=Nc1cc(N)ccc1S(=O)(=O)O. The Morgan fingerprint density at radius 3 is 2.57 bits per heavy atom. The summed E-state index contributed by atoms with van der Waals surface area (Å²) in [7, 11) is -2.90. The van der Waals surface area contributed by atoms with Gasteiger partial charge in [0.15, 0.2) is 0 Å². The molecule has 0 aliphatic carbocycles. The van der Waals surface area contributed by atoms with E-state index in [1.165, 1.54) is 25.2 Å². The summed E-state index contributed by atoms with van der Waals surface area (Å²) in [5.74, 6) is 0. The summed E-state index contributed by atoms with van der Waals surface area (Å²) < 4.78 is 30.5. The molecule has 0 bridgehead atoms. The lowest BCUT2D eigenvalue weighted by atomic mass is 10.3. The van der Waals surface area contributed by atoms with Gasteiger partial charge in [0.25, 0.3) is 10.1 Å². The minimum atomic E-state index is -4.28. The second-order valence-corrected chi connectivity index (χ2v) is 3.89. The monoisotopic (exact) mass is 215 g/mol. The lowest BCUT2D eigenvalue weighted by Gasteiger charge is -2.01. The first-order valence-corrected chi connectivity index (χ1v) is 5.06. The maximum absolute atomic E-state index is 10.9. The number of hydrogen-bond donors (Lipinski definition) is 2. The van der Waals surface area contributed by atoms with E-state index in [0.29, 0.717) is 5.69 Å². The molecule has 0 heterocycles. The number of rotatable bonds is 2. The van der Waals surface area contributed by atoms with Crippen molar-refractivity contribution >= 4 is 21.5 Å². The second kappa shape index (κ2) is 3.72. The molecule has 0 atom stereocenters. The zero-order valence-electron chi connectivity index (χ0n) is 7.38. The summed E-state index contributed by atoms with van der Waals surface area (Å²) in [5, 5.41) is 6.95. The molecule has 0 radical (unpaired) electrons. The minimum absolute atomic E-state index is 0.0231. The van der Waals surface area contributed by atoms with Gasteiger partial charge in [0.05, 0.1) is 0 Å². The topological polar surface area (TPSA) is 105 Å². The molecule has 0 aromatic heterocycles. The molecule has 7 heteroatoms. The number of hydrogen-bond acceptors (Lipinski definition) is 5. The van der Waals surface area contributed by atoms with Crippen LogP contribution in [0.15, 0.2) is 33.3 Å². The number of anilines is 1. The van der Waals surface area contributed by atoms with E-state index >= 15 is 0 Å². The van der Waals surface area contributed by atoms with E-state index in [1.807, 2.05) is 0 Å². The number of benzene rings is 1. The van der Waals surface area contributed by atoms with E-state index in [4.69, 9.17) is 10.3 Å². The first-order valence-electron chi connectivity index (χ1n) is 3.62. The smallest absolute Gasteiger partial charge is 0.296 e. The Kier molecular flexibility index (Phi) is 2.82. The van der Waals surface area contributed by atoms with Crippen LogP contribution in [0.25, 0.3) is 0 Å². The predicted molar refractivity (Wildman–Crippen MR) is 51.1 cm³/mol. The van der Waals surface area contributed by atoms with Gasteiger partial charge in [-0.2, -0.15) is 18.6 Å². The van der Waals surface area contributed by atoms with Crippen LogP contribution in [-0.2, 0) is 10.1 Å². The molecule has 0 saturated carbocycles. The Hall–Kier alpha value is -1.47. The fraction of sp³-hybridized carbons (Fsp3) is 0.143. The number of nitrogens with two attached hydrogens (primary N) is 1. The lowest BCUT2D eigenvalue weighted by Crippen LogP contribution is -1.99. The van der Waals surface area contributed by atoms with Crippen LogP contribution >= 0.6 is 0 Å². The van der Waals surface area contributed by atoms with Crippen molar-refractivity contribution < 1.29 is 13.0 Å². The van der Waals surface area contributed by atoms with Gasteiger partial charge in [-0.15, -0.1) is 0 Å². The summed E-state index contributed by atoms with van der Waals surface area (Å²) in [6, 6.07) is 3.85. The van der Waals surface area contributed by atoms with E-state index in [9.17, 15) is 8.42 Å². The first-order chi connectivity index (χ1) is 6.45. The Morgan fingerprint density at radius 1 is 1.43 bits per heavy atom. The molecule has 1 aromatic carbocycles. The van der Waals surface area contributed by atoms with Crippen molar-refractivity contribution in [3.05, 3.63) is 18.2 Å². The standard InChI is InChI=1S/C7H9N3O3S/c1-9-10-6-4-5(8)2-3-7(6)14(11,12)13/h2-4H,8H2,1H3,(H,11,12,13). The molecule has 0 saturated heterocycles. The van der Waals surface area contributed by atoms with Crippen LogP contribution in [0.3, 0.4) is 0 Å². The minimum Gasteiger partial charge on any atom is -0.399 e. The van der Waals surface area contributed by atoms with Crippen molar-refractivity contribution in [3.63, 3.8) is 0 Å². The number of nitrogens with zero attached hydrogens (tertiary/aromatic N) is 2. The molecule has 0 fully saturated rings. The molecule has 0 unspecified atom stereocenters. The van der Waals surface area contributed by atoms with Crippen molar-refractivity contribution in [2.75, 3.05) is 12.8 Å². The summed E-state index contributed by atoms with van der Waals surface area (Å²) in [6.45, 7) is 0. The van der Waals surface area contributed by atoms with Gasteiger partial charge in [-0.1, -0.05) is 0 Å². The van der Waals surface area contributed by atoms with E-state index in [0.717, 1.165) is 0 Å². The van der Waals surface area contributed by atoms with Crippen LogP contribution in [0.5, 0.6) is 0 Å². The second-order valence-electron chi connectivity index (χ2n) is 2.50. The van der Waals surface area contributed by atoms with Crippen LogP contribution in [0.1, 0.15) is 0 Å². The van der Waals surface area contributed by atoms with Crippen LogP contribution in [-0.4, -0.2) is 20.0 Å². The molecule has 1 rings (SSSR count). The van der Waals surface area contributed by atoms with Crippen molar-refractivity contribution in [3.8, 4) is 0 Å². The number of azo groups is 1. The third-order valence-corrected chi connectivity index (χ3v) is 2.37. The molecule has 0 aliphatic heterocycles. The lowest BCUT2D eigenvalue weighted by molar-refractivity contribution is 0.483. The fourth-order valence-electron chi connectivity index (χ4n) is 0.938. The molecular formula is C7H9N3O3S. The van der Waals surface area contributed by atoms with Crippen LogP contribution in [0.2, 0.25) is 0 Å². The van der Waals surface area contributed by atoms with Crippen molar-refractivity contribution in [2.45, 2.75) is 4.90 Å². The Bertz CT molecular complexity index is 467. The van der Waals surface area contributed by atoms with Gasteiger partial charge in [-0.3, -0.25) is 4.55 Å². The zero-order chi connectivity index (χ0) is 10.8. The average Bonchev–Trinajstić information content (AvgIpc) is 2.02. The van der Waals surface area contributed by atoms with Gasteiger partial charge in [-0.05, 0) is 18.2 Å². The van der Waals surface area contributed by atoms with Crippen LogP contribution in [0, 0.1) is 0 Å². The van der Waals surface area contributed by atoms with Crippen molar-refractivity contribution in [1.29, 1.82) is 0 Å². The average molecular weight is 215 g/mol. The Balaban J connectivity index is 3.44. The Morgan fingerprint density at radius 2 is 2.07 bits per heavy atom. The molecular weight excluding hydrogens is 206 g/mol. The third kappa shape index (κ3) is 2.27. The summed E-state index contributed by atoms with van der Waals surface area (Å²) in [4.78, 5) is -0.308. The third-order valence-electron chi connectivity index (χ3n) is 1.47. The summed E-state index contributed by atoms with van der Waals surface area (Å²) in [5.41, 5.74) is 5.79. The van der Waals surface area contributed by atoms with Crippen molar-refractivity contribution in [2.24, 2.45) is 10.2 Å².